The number of hydrogen-bond acceptors (Lipinski definition) is 4. The predicted octanol–water partition coefficient (Wildman–Crippen LogP) is 2.01. The van der Waals surface area contributed by atoms with E-state index in [1.165, 1.54) is 12.1 Å². The van der Waals surface area contributed by atoms with Gasteiger partial charge in [-0.15, -0.1) is 0 Å². The summed E-state index contributed by atoms with van der Waals surface area (Å²) in [6.07, 6.45) is 0. The first-order valence-electron chi connectivity index (χ1n) is 6.25. The van der Waals surface area contributed by atoms with Crippen LogP contribution in [0.15, 0.2) is 12.1 Å². The fourth-order valence-electron chi connectivity index (χ4n) is 1.42. The van der Waals surface area contributed by atoms with Crippen LogP contribution in [0.5, 0.6) is 0 Å². The lowest BCUT2D eigenvalue weighted by Gasteiger charge is -2.16. The smallest absolute Gasteiger partial charge is 0.356 e. The van der Waals surface area contributed by atoms with E-state index >= 15 is 0 Å². The zero-order valence-electron chi connectivity index (χ0n) is 11.6. The molecule has 1 heterocycles. The highest BCUT2D eigenvalue weighted by Gasteiger charge is 2.16. The molecule has 0 radical (unpaired) electrons. The lowest BCUT2D eigenvalue weighted by atomic mass is 10.2. The van der Waals surface area contributed by atoms with Crippen molar-refractivity contribution < 1.29 is 14.7 Å². The van der Waals surface area contributed by atoms with Gasteiger partial charge in [-0.2, -0.15) is 0 Å². The summed E-state index contributed by atoms with van der Waals surface area (Å²) in [5, 5.41) is 14.6. The summed E-state index contributed by atoms with van der Waals surface area (Å²) in [5.41, 5.74) is -0.244. The molecule has 0 bridgehead atoms. The number of aromatic nitrogens is 1. The quantitative estimate of drug-likeness (QED) is 0.747. The number of amides is 1. The minimum absolute atomic E-state index is 0.0555. The second-order valence-electron chi connectivity index (χ2n) is 4.84. The number of hydrogen-bond donors (Lipinski definition) is 3. The van der Waals surface area contributed by atoms with Crippen molar-refractivity contribution >= 4 is 29.3 Å². The molecule has 20 heavy (non-hydrogen) atoms. The number of nitrogens with one attached hydrogen (secondary N) is 2. The van der Waals surface area contributed by atoms with Crippen LogP contribution < -0.4 is 10.6 Å². The van der Waals surface area contributed by atoms with E-state index in [1.807, 2.05) is 13.8 Å². The zero-order chi connectivity index (χ0) is 15.3. The largest absolute Gasteiger partial charge is 0.476 e. The van der Waals surface area contributed by atoms with Gasteiger partial charge < -0.3 is 15.7 Å². The molecular formula is C13H18ClN3O3. The van der Waals surface area contributed by atoms with Gasteiger partial charge in [-0.1, -0.05) is 25.4 Å². The van der Waals surface area contributed by atoms with E-state index in [-0.39, 0.29) is 16.6 Å². The lowest BCUT2D eigenvalue weighted by Crippen LogP contribution is -2.39. The van der Waals surface area contributed by atoms with Gasteiger partial charge in [0.25, 0.3) is 0 Å². The molecule has 110 valence electrons. The first-order valence-corrected chi connectivity index (χ1v) is 6.63. The fourth-order valence-corrected chi connectivity index (χ4v) is 1.60. The molecule has 0 aliphatic heterocycles. The monoisotopic (exact) mass is 299 g/mol. The molecule has 0 fully saturated rings. The Hall–Kier alpha value is -1.82. The number of aromatic carboxylic acids is 1. The fraction of sp³-hybridized carbons (Fsp3) is 0.462. The number of carboxylic acid groups (broad SMARTS) is 1. The van der Waals surface area contributed by atoms with Gasteiger partial charge in [-0.3, -0.25) is 4.79 Å². The molecule has 1 aromatic rings. The van der Waals surface area contributed by atoms with E-state index in [4.69, 9.17) is 16.7 Å². The molecule has 0 aromatic carbocycles. The number of halogens is 1. The Morgan fingerprint density at radius 1 is 1.35 bits per heavy atom. The zero-order valence-corrected chi connectivity index (χ0v) is 12.4. The van der Waals surface area contributed by atoms with E-state index in [2.05, 4.69) is 15.6 Å². The van der Waals surface area contributed by atoms with Crippen molar-refractivity contribution in [1.82, 2.24) is 10.3 Å². The maximum absolute atomic E-state index is 11.8. The van der Waals surface area contributed by atoms with Gasteiger partial charge in [0, 0.05) is 6.54 Å². The Kier molecular flexibility index (Phi) is 5.76. The van der Waals surface area contributed by atoms with Crippen molar-refractivity contribution in [3.8, 4) is 0 Å². The molecule has 1 rings (SSSR count). The van der Waals surface area contributed by atoms with E-state index in [0.717, 1.165) is 0 Å². The van der Waals surface area contributed by atoms with Crippen LogP contribution in [-0.2, 0) is 4.79 Å². The van der Waals surface area contributed by atoms with Gasteiger partial charge in [0.15, 0.2) is 5.69 Å². The predicted molar refractivity (Wildman–Crippen MR) is 77.1 cm³/mol. The van der Waals surface area contributed by atoms with Crippen LogP contribution in [0, 0.1) is 5.92 Å². The molecule has 1 unspecified atom stereocenters. The molecule has 1 aromatic heterocycles. The first-order chi connectivity index (χ1) is 9.31. The number of carbonyl (C=O) groups excluding carboxylic acids is 1. The SMILES string of the molecule is CC(C)CNC(=O)C(C)Nc1ccc(Cl)c(C(=O)O)n1. The van der Waals surface area contributed by atoms with E-state index in [1.54, 1.807) is 6.92 Å². The van der Waals surface area contributed by atoms with Crippen molar-refractivity contribution in [3.05, 3.63) is 22.8 Å². The Balaban J connectivity index is 2.70. The summed E-state index contributed by atoms with van der Waals surface area (Å²) >= 11 is 5.72. The van der Waals surface area contributed by atoms with Crippen LogP contribution >= 0.6 is 11.6 Å². The molecule has 0 spiro atoms. The minimum Gasteiger partial charge on any atom is -0.476 e. The molecule has 6 nitrogen and oxygen atoms in total. The van der Waals surface area contributed by atoms with Crippen molar-refractivity contribution in [2.45, 2.75) is 26.8 Å². The van der Waals surface area contributed by atoms with Gasteiger partial charge in [-0.25, -0.2) is 9.78 Å². The average molecular weight is 300 g/mol. The molecule has 3 N–H and O–H groups in total. The highest BCUT2D eigenvalue weighted by atomic mass is 35.5. The number of carbonyl (C=O) groups is 2. The minimum atomic E-state index is -1.21. The van der Waals surface area contributed by atoms with Gasteiger partial charge >= 0.3 is 5.97 Å². The number of nitrogens with zero attached hydrogens (tertiary/aromatic N) is 1. The van der Waals surface area contributed by atoms with Gasteiger partial charge in [0.1, 0.15) is 11.9 Å². The van der Waals surface area contributed by atoms with Gasteiger partial charge in [-0.05, 0) is 25.0 Å². The third kappa shape index (κ3) is 4.70. The number of rotatable bonds is 6. The normalized spacial score (nSPS) is 12.1. The van der Waals surface area contributed by atoms with Crippen LogP contribution in [0.4, 0.5) is 5.82 Å². The summed E-state index contributed by atoms with van der Waals surface area (Å²) in [6.45, 7) is 6.25. The van der Waals surface area contributed by atoms with Crippen LogP contribution in [0.2, 0.25) is 5.02 Å². The van der Waals surface area contributed by atoms with Crippen molar-refractivity contribution in [1.29, 1.82) is 0 Å². The van der Waals surface area contributed by atoms with Crippen molar-refractivity contribution in [2.24, 2.45) is 5.92 Å². The maximum Gasteiger partial charge on any atom is 0.356 e. The highest BCUT2D eigenvalue weighted by molar-refractivity contribution is 6.33. The topological polar surface area (TPSA) is 91.3 Å². The summed E-state index contributed by atoms with van der Waals surface area (Å²) < 4.78 is 0. The van der Waals surface area contributed by atoms with Crippen LogP contribution in [0.3, 0.4) is 0 Å². The summed E-state index contributed by atoms with van der Waals surface area (Å²) in [4.78, 5) is 26.6. The molecule has 1 amide bonds. The summed E-state index contributed by atoms with van der Waals surface area (Å²) in [6, 6.07) is 2.43. The van der Waals surface area contributed by atoms with Crippen molar-refractivity contribution in [2.75, 3.05) is 11.9 Å². The number of anilines is 1. The maximum atomic E-state index is 11.8. The van der Waals surface area contributed by atoms with E-state index in [0.29, 0.717) is 18.3 Å². The molecule has 0 saturated carbocycles. The molecule has 0 saturated heterocycles. The van der Waals surface area contributed by atoms with Crippen LogP contribution in [-0.4, -0.2) is 34.6 Å². The molecule has 1 atom stereocenters. The molecular weight excluding hydrogens is 282 g/mol. The summed E-state index contributed by atoms with van der Waals surface area (Å²) in [5.74, 6) is -0.736. The van der Waals surface area contributed by atoms with Crippen LogP contribution in [0.1, 0.15) is 31.3 Å². The van der Waals surface area contributed by atoms with Crippen molar-refractivity contribution in [3.63, 3.8) is 0 Å². The Bertz CT molecular complexity index is 506. The second kappa shape index (κ2) is 7.09. The molecule has 0 aliphatic carbocycles. The highest BCUT2D eigenvalue weighted by Crippen LogP contribution is 2.17. The Labute approximate surface area is 122 Å². The van der Waals surface area contributed by atoms with E-state index in [9.17, 15) is 9.59 Å². The van der Waals surface area contributed by atoms with Crippen LogP contribution in [0.25, 0.3) is 0 Å². The summed E-state index contributed by atoms with van der Waals surface area (Å²) in [7, 11) is 0. The number of pyridine rings is 1. The van der Waals surface area contributed by atoms with E-state index < -0.39 is 12.0 Å². The molecule has 7 heteroatoms. The van der Waals surface area contributed by atoms with Gasteiger partial charge in [0.2, 0.25) is 5.91 Å². The third-order valence-electron chi connectivity index (χ3n) is 2.49. The lowest BCUT2D eigenvalue weighted by molar-refractivity contribution is -0.121. The second-order valence-corrected chi connectivity index (χ2v) is 5.24. The van der Waals surface area contributed by atoms with Gasteiger partial charge in [0.05, 0.1) is 5.02 Å². The Morgan fingerprint density at radius 2 is 2.00 bits per heavy atom. The number of carboxylic acids is 1. The Morgan fingerprint density at radius 3 is 2.55 bits per heavy atom. The average Bonchev–Trinajstić information content (AvgIpc) is 2.37. The standard InChI is InChI=1S/C13H18ClN3O3/c1-7(2)6-15-12(18)8(3)16-10-5-4-9(14)11(17-10)13(19)20/h4-5,7-8H,6H2,1-3H3,(H,15,18)(H,16,17)(H,19,20). The molecule has 0 aliphatic rings. The first kappa shape index (κ1) is 16.2. The third-order valence-corrected chi connectivity index (χ3v) is 2.80.